The zero-order chi connectivity index (χ0) is 9.52. The first-order valence-electron chi connectivity index (χ1n) is 4.45. The molecular weight excluding hydrogens is 230 g/mol. The summed E-state index contributed by atoms with van der Waals surface area (Å²) in [6, 6.07) is 1.89. The fourth-order valence-corrected chi connectivity index (χ4v) is 1.31. The van der Waals surface area contributed by atoms with Gasteiger partial charge in [0.15, 0.2) is 0 Å². The van der Waals surface area contributed by atoms with Gasteiger partial charge in [0.2, 0.25) is 0 Å². The van der Waals surface area contributed by atoms with E-state index in [1.807, 2.05) is 12.1 Å². The van der Waals surface area contributed by atoms with Gasteiger partial charge in [0.05, 0.1) is 10.7 Å². The molecule has 0 saturated carbocycles. The molecule has 1 aromatic rings. The second-order valence-corrected chi connectivity index (χ2v) is 3.53. The molecule has 0 amide bonds. The lowest BCUT2D eigenvalue weighted by molar-refractivity contribution is 0.555. The topological polar surface area (TPSA) is 25.2 Å². The van der Waals surface area contributed by atoms with Crippen LogP contribution in [0.1, 0.15) is 19.1 Å². The van der Waals surface area contributed by atoms with E-state index in [1.165, 1.54) is 0 Å². The van der Waals surface area contributed by atoms with Crippen LogP contribution in [0.25, 0.3) is 6.08 Å². The molecular formula is C10H14BrNO. The van der Waals surface area contributed by atoms with E-state index in [0.29, 0.717) is 0 Å². The summed E-state index contributed by atoms with van der Waals surface area (Å²) >= 11 is 3.39. The highest BCUT2D eigenvalue weighted by atomic mass is 79.9. The predicted octanol–water partition coefficient (Wildman–Crippen LogP) is 3.05. The summed E-state index contributed by atoms with van der Waals surface area (Å²) in [5.74, 6) is 0.886. The van der Waals surface area contributed by atoms with Gasteiger partial charge in [0, 0.05) is 0 Å². The van der Waals surface area contributed by atoms with Crippen molar-refractivity contribution in [1.82, 2.24) is 5.32 Å². The monoisotopic (exact) mass is 243 g/mol. The Labute approximate surface area is 87.1 Å². The third-order valence-electron chi connectivity index (χ3n) is 1.65. The Bertz CT molecular complexity index is 268. The van der Waals surface area contributed by atoms with Crippen LogP contribution in [0.3, 0.4) is 0 Å². The van der Waals surface area contributed by atoms with Crippen LogP contribution >= 0.6 is 15.9 Å². The van der Waals surface area contributed by atoms with Crippen LogP contribution in [0, 0.1) is 0 Å². The van der Waals surface area contributed by atoms with Crippen LogP contribution in [0.2, 0.25) is 0 Å². The summed E-state index contributed by atoms with van der Waals surface area (Å²) < 4.78 is 6.22. The molecule has 0 atom stereocenters. The first-order chi connectivity index (χ1) is 6.34. The van der Waals surface area contributed by atoms with E-state index in [0.717, 1.165) is 29.7 Å². The van der Waals surface area contributed by atoms with Crippen molar-refractivity contribution in [3.8, 4) is 0 Å². The Morgan fingerprint density at radius 3 is 3.08 bits per heavy atom. The van der Waals surface area contributed by atoms with Gasteiger partial charge in [-0.05, 0) is 47.6 Å². The number of furan rings is 1. The minimum Gasteiger partial charge on any atom is -0.464 e. The lowest BCUT2D eigenvalue weighted by atomic mass is 10.3. The smallest absolute Gasteiger partial charge is 0.140 e. The summed E-state index contributed by atoms with van der Waals surface area (Å²) in [4.78, 5) is 0. The molecule has 0 fully saturated rings. The Morgan fingerprint density at radius 2 is 2.46 bits per heavy atom. The fourth-order valence-electron chi connectivity index (χ4n) is 0.977. The Balaban J connectivity index is 2.28. The van der Waals surface area contributed by atoms with Gasteiger partial charge in [-0.2, -0.15) is 0 Å². The van der Waals surface area contributed by atoms with E-state index in [4.69, 9.17) is 4.42 Å². The highest BCUT2D eigenvalue weighted by Crippen LogP contribution is 2.18. The zero-order valence-corrected chi connectivity index (χ0v) is 9.30. The summed E-state index contributed by atoms with van der Waals surface area (Å²) in [6.07, 6.45) is 6.79. The van der Waals surface area contributed by atoms with Gasteiger partial charge in [-0.1, -0.05) is 13.0 Å². The van der Waals surface area contributed by atoms with Crippen molar-refractivity contribution in [2.24, 2.45) is 0 Å². The minimum absolute atomic E-state index is 0.886. The number of rotatable bonds is 5. The van der Waals surface area contributed by atoms with Crippen LogP contribution in [-0.4, -0.2) is 13.1 Å². The lowest BCUT2D eigenvalue weighted by Crippen LogP contribution is -2.12. The summed E-state index contributed by atoms with van der Waals surface area (Å²) in [7, 11) is 0. The standard InChI is InChI=1S/C10H14BrNO/c1-2-12-7-4-3-5-10-9(11)6-8-13-10/h3,5-6,8,12H,2,4,7H2,1H3. The second-order valence-electron chi connectivity index (χ2n) is 2.68. The molecule has 0 spiro atoms. The Morgan fingerprint density at radius 1 is 1.62 bits per heavy atom. The van der Waals surface area contributed by atoms with Gasteiger partial charge in [-0.3, -0.25) is 0 Å². The molecule has 1 heterocycles. The second kappa shape index (κ2) is 6.00. The third-order valence-corrected chi connectivity index (χ3v) is 2.31. The van der Waals surface area contributed by atoms with Crippen LogP contribution in [0.15, 0.2) is 27.3 Å². The normalized spacial score (nSPS) is 11.2. The predicted molar refractivity (Wildman–Crippen MR) is 58.6 cm³/mol. The molecule has 2 nitrogen and oxygen atoms in total. The molecule has 72 valence electrons. The van der Waals surface area contributed by atoms with Gasteiger partial charge in [-0.25, -0.2) is 0 Å². The molecule has 0 aliphatic heterocycles. The molecule has 0 unspecified atom stereocenters. The van der Waals surface area contributed by atoms with E-state index in [9.17, 15) is 0 Å². The number of nitrogens with one attached hydrogen (secondary N) is 1. The van der Waals surface area contributed by atoms with Crippen LogP contribution in [-0.2, 0) is 0 Å². The van der Waals surface area contributed by atoms with Crippen molar-refractivity contribution in [2.75, 3.05) is 13.1 Å². The maximum absolute atomic E-state index is 5.22. The number of halogens is 1. The van der Waals surface area contributed by atoms with Gasteiger partial charge >= 0.3 is 0 Å². The van der Waals surface area contributed by atoms with Crippen LogP contribution < -0.4 is 5.32 Å². The van der Waals surface area contributed by atoms with Crippen molar-refractivity contribution in [1.29, 1.82) is 0 Å². The van der Waals surface area contributed by atoms with Crippen molar-refractivity contribution < 1.29 is 4.42 Å². The van der Waals surface area contributed by atoms with E-state index in [-0.39, 0.29) is 0 Å². The molecule has 3 heteroatoms. The molecule has 1 rings (SSSR count). The summed E-state index contributed by atoms with van der Waals surface area (Å²) in [5.41, 5.74) is 0. The van der Waals surface area contributed by atoms with Crippen LogP contribution in [0.5, 0.6) is 0 Å². The van der Waals surface area contributed by atoms with E-state index in [2.05, 4.69) is 34.2 Å². The van der Waals surface area contributed by atoms with E-state index >= 15 is 0 Å². The van der Waals surface area contributed by atoms with Crippen molar-refractivity contribution >= 4 is 22.0 Å². The van der Waals surface area contributed by atoms with E-state index in [1.54, 1.807) is 6.26 Å². The molecule has 0 aromatic carbocycles. The molecule has 1 N–H and O–H groups in total. The first kappa shape index (κ1) is 10.5. The molecule has 13 heavy (non-hydrogen) atoms. The SMILES string of the molecule is CCNCCC=Cc1occc1Br. The van der Waals surface area contributed by atoms with Gasteiger partial charge in [-0.15, -0.1) is 0 Å². The first-order valence-corrected chi connectivity index (χ1v) is 5.24. The molecule has 0 radical (unpaired) electrons. The van der Waals surface area contributed by atoms with Gasteiger partial charge in [0.1, 0.15) is 5.76 Å². The van der Waals surface area contributed by atoms with Crippen molar-refractivity contribution in [3.05, 3.63) is 28.6 Å². The average molecular weight is 244 g/mol. The van der Waals surface area contributed by atoms with Gasteiger partial charge in [0.25, 0.3) is 0 Å². The molecule has 0 aliphatic rings. The average Bonchev–Trinajstić information content (AvgIpc) is 2.52. The fraction of sp³-hybridized carbons (Fsp3) is 0.400. The Kier molecular flexibility index (Phi) is 4.86. The molecule has 0 aliphatic carbocycles. The maximum Gasteiger partial charge on any atom is 0.140 e. The number of hydrogen-bond donors (Lipinski definition) is 1. The lowest BCUT2D eigenvalue weighted by Gasteiger charge is -1.94. The largest absolute Gasteiger partial charge is 0.464 e. The van der Waals surface area contributed by atoms with Crippen molar-refractivity contribution in [3.63, 3.8) is 0 Å². The molecule has 1 aromatic heterocycles. The summed E-state index contributed by atoms with van der Waals surface area (Å²) in [5, 5.41) is 3.25. The number of hydrogen-bond acceptors (Lipinski definition) is 2. The van der Waals surface area contributed by atoms with E-state index < -0.39 is 0 Å². The van der Waals surface area contributed by atoms with Gasteiger partial charge < -0.3 is 9.73 Å². The Hall–Kier alpha value is -0.540. The third kappa shape index (κ3) is 3.79. The zero-order valence-electron chi connectivity index (χ0n) is 7.72. The van der Waals surface area contributed by atoms with Crippen molar-refractivity contribution in [2.45, 2.75) is 13.3 Å². The quantitative estimate of drug-likeness (QED) is 0.805. The highest BCUT2D eigenvalue weighted by molar-refractivity contribution is 9.10. The summed E-state index contributed by atoms with van der Waals surface area (Å²) in [6.45, 7) is 4.15. The van der Waals surface area contributed by atoms with Crippen LogP contribution in [0.4, 0.5) is 0 Å². The highest BCUT2D eigenvalue weighted by Gasteiger charge is 1.96. The molecule has 0 saturated heterocycles. The molecule has 0 bridgehead atoms. The maximum atomic E-state index is 5.22. The minimum atomic E-state index is 0.886.